The van der Waals surface area contributed by atoms with Gasteiger partial charge in [0.1, 0.15) is 30.0 Å². The van der Waals surface area contributed by atoms with Crippen LogP contribution in [0.4, 0.5) is 4.39 Å². The third-order valence-corrected chi connectivity index (χ3v) is 8.76. The smallest absolute Gasteiger partial charge is 0.245 e. The molecule has 0 radical (unpaired) electrons. The Morgan fingerprint density at radius 3 is 1.67 bits per heavy atom. The Kier molecular flexibility index (Phi) is 29.0. The van der Waals surface area contributed by atoms with Gasteiger partial charge in [-0.15, -0.1) is 0 Å². The van der Waals surface area contributed by atoms with Gasteiger partial charge in [0.05, 0.1) is 52.4 Å². The quantitative estimate of drug-likeness (QED) is 0.0427. The molecule has 326 valence electrons. The summed E-state index contributed by atoms with van der Waals surface area (Å²) in [6.07, 6.45) is 2.53. The van der Waals surface area contributed by atoms with Crippen molar-refractivity contribution in [2.75, 3.05) is 73.0 Å². The fraction of sp³-hybridized carbons (Fsp3) is 0.718. The molecule has 1 aromatic carbocycles. The number of hydrogen-bond acceptors (Lipinski definition) is 12. The molecule has 0 aliphatic carbocycles. The molecule has 18 heteroatoms. The first kappa shape index (κ1) is 51.2. The van der Waals surface area contributed by atoms with Gasteiger partial charge in [-0.05, 0) is 69.3 Å². The van der Waals surface area contributed by atoms with Crippen LogP contribution < -0.4 is 38.1 Å². The number of halogens is 1. The molecule has 0 aliphatic heterocycles. The van der Waals surface area contributed by atoms with Crippen molar-refractivity contribution in [3.05, 3.63) is 35.6 Å². The molecule has 1 rings (SSSR count). The van der Waals surface area contributed by atoms with E-state index in [1.807, 2.05) is 6.92 Å². The van der Waals surface area contributed by atoms with Crippen molar-refractivity contribution in [3.8, 4) is 0 Å². The van der Waals surface area contributed by atoms with Gasteiger partial charge in [-0.3, -0.25) is 24.0 Å². The van der Waals surface area contributed by atoms with E-state index in [0.29, 0.717) is 51.4 Å². The summed E-state index contributed by atoms with van der Waals surface area (Å²) in [5.41, 5.74) is 12.1. The zero-order chi connectivity index (χ0) is 42.3. The Labute approximate surface area is 336 Å². The highest BCUT2D eigenvalue weighted by Crippen LogP contribution is 2.11. The second-order valence-electron chi connectivity index (χ2n) is 13.4. The summed E-state index contributed by atoms with van der Waals surface area (Å²) in [5.74, 6) is -3.68. The van der Waals surface area contributed by atoms with Gasteiger partial charge in [-0.25, -0.2) is 4.39 Å². The first-order valence-electron chi connectivity index (χ1n) is 20.1. The second kappa shape index (κ2) is 32.2. The van der Waals surface area contributed by atoms with E-state index in [-0.39, 0.29) is 58.4 Å². The van der Waals surface area contributed by atoms with Crippen molar-refractivity contribution in [2.24, 2.45) is 11.5 Å². The van der Waals surface area contributed by atoms with Gasteiger partial charge >= 0.3 is 0 Å². The number of amides is 5. The lowest BCUT2D eigenvalue weighted by atomic mass is 10.00. The molecule has 0 bridgehead atoms. The van der Waals surface area contributed by atoms with Gasteiger partial charge in [0.25, 0.3) is 0 Å². The Morgan fingerprint density at radius 2 is 1.12 bits per heavy atom. The highest BCUT2D eigenvalue weighted by atomic mass is 19.1. The zero-order valence-electron chi connectivity index (χ0n) is 34.0. The van der Waals surface area contributed by atoms with E-state index < -0.39 is 65.6 Å². The van der Waals surface area contributed by atoms with Crippen molar-refractivity contribution in [3.63, 3.8) is 0 Å². The van der Waals surface area contributed by atoms with E-state index in [2.05, 4.69) is 33.5 Å². The average Bonchev–Trinajstić information content (AvgIpc) is 3.20. The topological polar surface area (TPSA) is 255 Å². The van der Waals surface area contributed by atoms with Gasteiger partial charge in [-0.2, -0.15) is 0 Å². The minimum absolute atomic E-state index is 0.0163. The molecule has 5 atom stereocenters. The van der Waals surface area contributed by atoms with Crippen molar-refractivity contribution in [1.29, 1.82) is 0 Å². The van der Waals surface area contributed by atoms with Gasteiger partial charge in [0.2, 0.25) is 29.5 Å². The number of nitrogens with one attached hydrogen (secondary N) is 5. The van der Waals surface area contributed by atoms with Crippen LogP contribution in [0.15, 0.2) is 24.3 Å². The van der Waals surface area contributed by atoms with Crippen LogP contribution in [0.2, 0.25) is 0 Å². The largest absolute Gasteiger partial charge is 0.390 e. The number of aryl methyl sites for hydroxylation is 1. The number of rotatable bonds is 34. The number of carbonyl (C=O) groups is 5. The first-order valence-corrected chi connectivity index (χ1v) is 20.1. The normalized spacial score (nSPS) is 13.8. The van der Waals surface area contributed by atoms with Crippen LogP contribution in [0, 0.1) is 5.82 Å². The lowest BCUT2D eigenvalue weighted by molar-refractivity contribution is -0.136. The van der Waals surface area contributed by atoms with Gasteiger partial charge < -0.3 is 62.1 Å². The molecule has 0 saturated heterocycles. The number of aliphatic hydroxyl groups is 1. The number of ether oxygens (including phenoxy) is 4. The summed E-state index contributed by atoms with van der Waals surface area (Å²) < 4.78 is 35.3. The Balaban J connectivity index is 2.83. The third kappa shape index (κ3) is 23.3. The van der Waals surface area contributed by atoms with Crippen LogP contribution in [0.5, 0.6) is 0 Å². The van der Waals surface area contributed by atoms with E-state index in [0.717, 1.165) is 25.9 Å². The van der Waals surface area contributed by atoms with Crippen LogP contribution in [0.25, 0.3) is 0 Å². The van der Waals surface area contributed by atoms with Gasteiger partial charge in [-0.1, -0.05) is 45.2 Å². The Morgan fingerprint density at radius 1 is 0.632 bits per heavy atom. The lowest BCUT2D eigenvalue weighted by Gasteiger charge is -2.28. The maximum absolute atomic E-state index is 13.7. The minimum Gasteiger partial charge on any atom is -0.390 e. The summed E-state index contributed by atoms with van der Waals surface area (Å²) in [7, 11) is 1.39. The Bertz CT molecular complexity index is 1280. The first-order chi connectivity index (χ1) is 27.5. The highest BCUT2D eigenvalue weighted by Gasteiger charge is 2.34. The van der Waals surface area contributed by atoms with Crippen molar-refractivity contribution in [1.82, 2.24) is 26.6 Å². The Hall–Kier alpha value is -3.78. The molecule has 0 fully saturated rings. The molecule has 0 aromatic heterocycles. The van der Waals surface area contributed by atoms with Crippen LogP contribution in [0.3, 0.4) is 0 Å². The molecular formula is C39H68FN7O10. The summed E-state index contributed by atoms with van der Waals surface area (Å²) in [5, 5.41) is 24.1. The fourth-order valence-electron chi connectivity index (χ4n) is 5.42. The van der Waals surface area contributed by atoms with E-state index in [4.69, 9.17) is 30.4 Å². The predicted molar refractivity (Wildman–Crippen MR) is 212 cm³/mol. The average molecular weight is 814 g/mol. The monoisotopic (exact) mass is 814 g/mol. The SMILES string of the molecule is CCCCOCCOCCOCCOCCC(=O)N[C@@H](CCCC)C(=O)N[C@@H](CCN)C(=O)N[C@H](C(=O)NC(CCN)C(=O)NC)[C@H](O)CCc1ccc(F)cc1. The second-order valence-corrected chi connectivity index (χ2v) is 13.4. The predicted octanol–water partition coefficient (Wildman–Crippen LogP) is -0.0512. The highest BCUT2D eigenvalue weighted by molar-refractivity contribution is 5.95. The van der Waals surface area contributed by atoms with E-state index in [9.17, 15) is 33.5 Å². The van der Waals surface area contributed by atoms with Crippen molar-refractivity contribution < 1.29 is 52.4 Å². The molecule has 57 heavy (non-hydrogen) atoms. The molecule has 0 spiro atoms. The van der Waals surface area contributed by atoms with Crippen LogP contribution in [-0.4, -0.2) is 138 Å². The number of nitrogens with two attached hydrogens (primary N) is 2. The molecule has 0 aliphatic rings. The number of benzene rings is 1. The lowest BCUT2D eigenvalue weighted by Crippen LogP contribution is -2.61. The molecule has 1 aromatic rings. The maximum Gasteiger partial charge on any atom is 0.245 e. The number of carbonyl (C=O) groups excluding carboxylic acids is 5. The summed E-state index contributed by atoms with van der Waals surface area (Å²) in [6, 6.07) is 0.779. The summed E-state index contributed by atoms with van der Waals surface area (Å²) >= 11 is 0. The number of unbranched alkanes of at least 4 members (excludes halogenated alkanes) is 2. The van der Waals surface area contributed by atoms with Gasteiger partial charge in [0.15, 0.2) is 0 Å². The van der Waals surface area contributed by atoms with Crippen LogP contribution >= 0.6 is 0 Å². The number of likely N-dealkylation sites (N-methyl/N-ethyl adjacent to an activating group) is 1. The number of hydrogen-bond donors (Lipinski definition) is 8. The van der Waals surface area contributed by atoms with Crippen molar-refractivity contribution >= 4 is 29.5 Å². The minimum atomic E-state index is -1.56. The molecule has 5 amide bonds. The third-order valence-electron chi connectivity index (χ3n) is 8.76. The molecule has 1 unspecified atom stereocenters. The summed E-state index contributed by atoms with van der Waals surface area (Å²) in [6.45, 7) is 7.36. The van der Waals surface area contributed by atoms with Crippen LogP contribution in [-0.2, 0) is 49.3 Å². The maximum atomic E-state index is 13.7. The molecule has 0 heterocycles. The summed E-state index contributed by atoms with van der Waals surface area (Å²) in [4.78, 5) is 66.0. The standard InChI is InChI=1S/C39H68FN7O10/c1-4-6-8-30(44-34(49)17-21-55-23-25-57-27-26-56-24-22-54-20-7-5-2)37(51)45-32(16-19-42)38(52)47-35(39(53)46-31(15-18-41)36(50)43-3)33(48)14-11-28-9-12-29(40)13-10-28/h9-10,12-13,30-33,35,48H,4-8,11,14-27,41-42H2,1-3H3,(H,43,50)(H,44,49)(H,45,51)(H,46,53)(H,47,52)/t30-,31?,32-,33+,35-/m0/s1. The van der Waals surface area contributed by atoms with E-state index in [1.165, 1.54) is 31.3 Å². The number of aliphatic hydroxyl groups excluding tert-OH is 1. The van der Waals surface area contributed by atoms with E-state index in [1.54, 1.807) is 0 Å². The molecule has 10 N–H and O–H groups in total. The molecular weight excluding hydrogens is 745 g/mol. The fourth-order valence-corrected chi connectivity index (χ4v) is 5.42. The molecule has 0 saturated carbocycles. The van der Waals surface area contributed by atoms with E-state index >= 15 is 0 Å². The van der Waals surface area contributed by atoms with Crippen molar-refractivity contribution in [2.45, 2.75) is 108 Å². The van der Waals surface area contributed by atoms with Gasteiger partial charge in [0, 0.05) is 20.1 Å². The zero-order valence-corrected chi connectivity index (χ0v) is 34.0. The molecule has 17 nitrogen and oxygen atoms in total. The van der Waals surface area contributed by atoms with Crippen LogP contribution in [0.1, 0.15) is 77.2 Å².